The summed E-state index contributed by atoms with van der Waals surface area (Å²) in [5.74, 6) is 0.00689. The summed E-state index contributed by atoms with van der Waals surface area (Å²) in [5.41, 5.74) is -0.955. The van der Waals surface area contributed by atoms with Crippen LogP contribution < -0.4 is 4.74 Å². The normalized spacial score (nSPS) is 12.9. The molecular weight excluding hydrogens is 390 g/mol. The Bertz CT molecular complexity index is 732. The van der Waals surface area contributed by atoms with Crippen LogP contribution in [-0.4, -0.2) is 48.3 Å². The maximum atomic E-state index is 13.0. The van der Waals surface area contributed by atoms with E-state index >= 15 is 0 Å². The van der Waals surface area contributed by atoms with Gasteiger partial charge in [0.25, 0.3) is 0 Å². The Morgan fingerprint density at radius 1 is 1.00 bits per heavy atom. The van der Waals surface area contributed by atoms with Gasteiger partial charge in [-0.25, -0.2) is 4.79 Å². The third kappa shape index (κ3) is 6.46. The molecule has 0 aliphatic carbocycles. The van der Waals surface area contributed by atoms with E-state index in [1.807, 2.05) is 19.9 Å². The van der Waals surface area contributed by atoms with Crippen LogP contribution in [0.3, 0.4) is 0 Å². The van der Waals surface area contributed by atoms with Crippen LogP contribution in [-0.2, 0) is 15.1 Å². The second-order valence-electron chi connectivity index (χ2n) is 6.93. The van der Waals surface area contributed by atoms with E-state index in [0.29, 0.717) is 23.4 Å². The van der Waals surface area contributed by atoms with E-state index in [1.165, 1.54) is 0 Å². The minimum Gasteiger partial charge on any atom is -0.491 e. The summed E-state index contributed by atoms with van der Waals surface area (Å²) in [5, 5.41) is 11.4. The summed E-state index contributed by atoms with van der Waals surface area (Å²) in [6, 6.07) is 15.8. The predicted octanol–water partition coefficient (Wildman–Crippen LogP) is 4.02. The number of nitrogens with zero attached hydrogens (tertiary/aromatic N) is 1. The lowest BCUT2D eigenvalue weighted by molar-refractivity contribution is -0.162. The summed E-state index contributed by atoms with van der Waals surface area (Å²) < 4.78 is 11.1. The molecule has 1 N–H and O–H groups in total. The Morgan fingerprint density at radius 2 is 1.55 bits per heavy atom. The zero-order valence-electron chi connectivity index (χ0n) is 17.6. The van der Waals surface area contributed by atoms with Crippen LogP contribution in [0.1, 0.15) is 38.8 Å². The number of esters is 1. The third-order valence-corrected chi connectivity index (χ3v) is 4.67. The number of benzene rings is 2. The van der Waals surface area contributed by atoms with E-state index in [-0.39, 0.29) is 25.1 Å². The molecule has 0 heterocycles. The third-order valence-electron chi connectivity index (χ3n) is 4.67. The summed E-state index contributed by atoms with van der Waals surface area (Å²) in [6.07, 6.45) is 0.0453. The Labute approximate surface area is 180 Å². The molecule has 0 saturated carbocycles. The van der Waals surface area contributed by atoms with Crippen molar-refractivity contribution in [3.63, 3.8) is 0 Å². The number of carbonyl (C=O) groups excluding carboxylic acids is 1. The van der Waals surface area contributed by atoms with Gasteiger partial charge in [0.1, 0.15) is 12.4 Å². The molecule has 160 valence electrons. The Kier molecular flexibility index (Phi) is 10.2. The molecule has 0 bridgehead atoms. The fraction of sp³-hybridized carbons (Fsp3) is 0.435. The first kappa shape index (κ1) is 25.0. The van der Waals surface area contributed by atoms with Crippen molar-refractivity contribution >= 4 is 18.4 Å². The van der Waals surface area contributed by atoms with E-state index < -0.39 is 11.6 Å². The van der Waals surface area contributed by atoms with Crippen molar-refractivity contribution < 1.29 is 19.4 Å². The van der Waals surface area contributed by atoms with Crippen molar-refractivity contribution in [3.8, 4) is 5.75 Å². The van der Waals surface area contributed by atoms with Crippen LogP contribution in [0.5, 0.6) is 5.75 Å². The van der Waals surface area contributed by atoms with Gasteiger partial charge in [0.2, 0.25) is 5.60 Å². The maximum Gasteiger partial charge on any atom is 0.347 e. The molecule has 0 aromatic heterocycles. The van der Waals surface area contributed by atoms with Crippen LogP contribution >= 0.6 is 12.4 Å². The Balaban J connectivity index is 0.00000420. The standard InChI is InChI=1S/C23H31NO4.ClH/c1-5-24(6-2)16-17-27-22(25)23(26,19-10-8-7-9-11-19)20-12-14-21(15-13-20)28-18(3)4;/h7-15,18,26H,5-6,16-17H2,1-4H3;1H. The Hall–Kier alpha value is -2.08. The number of likely N-dealkylation sites (N-methyl/N-ethyl adjacent to an activating group) is 1. The minimum absolute atomic E-state index is 0. The average molecular weight is 422 g/mol. The van der Waals surface area contributed by atoms with Gasteiger partial charge in [0.05, 0.1) is 6.10 Å². The number of hydrogen-bond acceptors (Lipinski definition) is 5. The maximum absolute atomic E-state index is 13.0. The van der Waals surface area contributed by atoms with Gasteiger partial charge in [-0.3, -0.25) is 0 Å². The number of rotatable bonds is 10. The first-order valence-electron chi connectivity index (χ1n) is 9.86. The molecule has 0 spiro atoms. The quantitative estimate of drug-likeness (QED) is 0.587. The van der Waals surface area contributed by atoms with Crippen molar-refractivity contribution in [2.24, 2.45) is 0 Å². The topological polar surface area (TPSA) is 59.0 Å². The number of halogens is 1. The van der Waals surface area contributed by atoms with E-state index in [9.17, 15) is 9.90 Å². The van der Waals surface area contributed by atoms with Gasteiger partial charge < -0.3 is 19.5 Å². The number of aliphatic hydroxyl groups is 1. The van der Waals surface area contributed by atoms with Crippen molar-refractivity contribution in [1.82, 2.24) is 4.90 Å². The molecule has 0 aliphatic heterocycles. The molecule has 1 atom stereocenters. The smallest absolute Gasteiger partial charge is 0.347 e. The van der Waals surface area contributed by atoms with Crippen molar-refractivity contribution in [2.45, 2.75) is 39.4 Å². The molecule has 5 nitrogen and oxygen atoms in total. The van der Waals surface area contributed by atoms with Crippen LogP contribution in [0.15, 0.2) is 54.6 Å². The molecule has 0 fully saturated rings. The lowest BCUT2D eigenvalue weighted by atomic mass is 9.86. The van der Waals surface area contributed by atoms with Gasteiger partial charge in [-0.05, 0) is 50.2 Å². The second kappa shape index (κ2) is 11.8. The van der Waals surface area contributed by atoms with E-state index in [2.05, 4.69) is 18.7 Å². The summed E-state index contributed by atoms with van der Waals surface area (Å²) in [4.78, 5) is 15.1. The van der Waals surface area contributed by atoms with Crippen LogP contribution in [0, 0.1) is 0 Å². The van der Waals surface area contributed by atoms with E-state index in [4.69, 9.17) is 9.47 Å². The summed E-state index contributed by atoms with van der Waals surface area (Å²) in [6.45, 7) is 10.6. The zero-order valence-corrected chi connectivity index (χ0v) is 18.4. The molecule has 0 radical (unpaired) electrons. The average Bonchev–Trinajstić information content (AvgIpc) is 2.71. The second-order valence-corrected chi connectivity index (χ2v) is 6.93. The SMILES string of the molecule is CCN(CC)CCOC(=O)C(O)(c1ccccc1)c1ccc(OC(C)C)cc1.Cl. The molecule has 0 aliphatic rings. The van der Waals surface area contributed by atoms with Gasteiger partial charge in [-0.2, -0.15) is 0 Å². The minimum atomic E-state index is -1.87. The highest BCUT2D eigenvalue weighted by Gasteiger charge is 2.41. The number of ether oxygens (including phenoxy) is 2. The van der Waals surface area contributed by atoms with Gasteiger partial charge >= 0.3 is 5.97 Å². The van der Waals surface area contributed by atoms with Crippen molar-refractivity contribution in [2.75, 3.05) is 26.2 Å². The van der Waals surface area contributed by atoms with E-state index in [0.717, 1.165) is 13.1 Å². The molecule has 2 aromatic carbocycles. The zero-order chi connectivity index (χ0) is 20.6. The van der Waals surface area contributed by atoms with E-state index in [1.54, 1.807) is 48.5 Å². The lowest BCUT2D eigenvalue weighted by Crippen LogP contribution is -2.40. The van der Waals surface area contributed by atoms with Crippen LogP contribution in [0.2, 0.25) is 0 Å². The molecule has 0 saturated heterocycles. The number of carbonyl (C=O) groups is 1. The first-order valence-corrected chi connectivity index (χ1v) is 9.86. The van der Waals surface area contributed by atoms with Gasteiger partial charge in [0, 0.05) is 6.54 Å². The molecule has 1 unspecified atom stereocenters. The largest absolute Gasteiger partial charge is 0.491 e. The van der Waals surface area contributed by atoms with Crippen LogP contribution in [0.4, 0.5) is 0 Å². The van der Waals surface area contributed by atoms with Gasteiger partial charge in [0.15, 0.2) is 0 Å². The number of hydrogen-bond donors (Lipinski definition) is 1. The predicted molar refractivity (Wildman–Crippen MR) is 118 cm³/mol. The molecule has 0 amide bonds. The highest BCUT2D eigenvalue weighted by molar-refractivity contribution is 5.85. The fourth-order valence-corrected chi connectivity index (χ4v) is 3.04. The summed E-state index contributed by atoms with van der Waals surface area (Å²) >= 11 is 0. The highest BCUT2D eigenvalue weighted by atomic mass is 35.5. The van der Waals surface area contributed by atoms with Gasteiger partial charge in [-0.1, -0.05) is 56.3 Å². The van der Waals surface area contributed by atoms with Crippen molar-refractivity contribution in [1.29, 1.82) is 0 Å². The monoisotopic (exact) mass is 421 g/mol. The highest BCUT2D eigenvalue weighted by Crippen LogP contribution is 2.32. The fourth-order valence-electron chi connectivity index (χ4n) is 3.04. The van der Waals surface area contributed by atoms with Crippen LogP contribution in [0.25, 0.3) is 0 Å². The Morgan fingerprint density at radius 3 is 2.07 bits per heavy atom. The molecular formula is C23H32ClNO4. The lowest BCUT2D eigenvalue weighted by Gasteiger charge is -2.28. The van der Waals surface area contributed by atoms with Crippen molar-refractivity contribution in [3.05, 3.63) is 65.7 Å². The summed E-state index contributed by atoms with van der Waals surface area (Å²) in [7, 11) is 0. The molecule has 29 heavy (non-hydrogen) atoms. The van der Waals surface area contributed by atoms with Gasteiger partial charge in [-0.15, -0.1) is 12.4 Å². The molecule has 6 heteroatoms. The molecule has 2 rings (SSSR count). The molecule has 2 aromatic rings. The first-order chi connectivity index (χ1) is 13.4.